The molecule has 11 nitrogen and oxygen atoms in total. The molecule has 0 saturated heterocycles. The molecule has 1 amide bonds. The Labute approximate surface area is 201 Å². The zero-order valence-electron chi connectivity index (χ0n) is 19.5. The SMILES string of the molecule is CCCSc1nc(NCCOCC)c2cnn(CCNC(=O)c3ccc(C)c([N+](=O)[O-])c3)c2n1. The van der Waals surface area contributed by atoms with Gasteiger partial charge in [-0.3, -0.25) is 14.9 Å². The highest BCUT2D eigenvalue weighted by molar-refractivity contribution is 7.99. The Morgan fingerprint density at radius 3 is 2.82 bits per heavy atom. The highest BCUT2D eigenvalue weighted by Gasteiger charge is 2.16. The van der Waals surface area contributed by atoms with Crippen molar-refractivity contribution in [3.8, 4) is 0 Å². The van der Waals surface area contributed by atoms with Crippen LogP contribution in [-0.4, -0.2) is 62.6 Å². The molecule has 2 heterocycles. The standard InChI is InChI=1S/C22H29N7O4S/c1-4-12-34-22-26-19(23-9-11-33-5-2)17-14-25-28(20(17)27-22)10-8-24-21(30)16-7-6-15(3)18(13-16)29(31)32/h6-7,13-14H,4-5,8-12H2,1-3H3,(H,24,30)(H,23,26,27). The molecule has 2 N–H and O–H groups in total. The second kappa shape index (κ2) is 12.3. The van der Waals surface area contributed by atoms with Gasteiger partial charge in [-0.1, -0.05) is 24.8 Å². The number of rotatable bonds is 13. The van der Waals surface area contributed by atoms with Crippen molar-refractivity contribution in [3.63, 3.8) is 0 Å². The van der Waals surface area contributed by atoms with E-state index < -0.39 is 4.92 Å². The second-order valence-electron chi connectivity index (χ2n) is 7.45. The molecular formula is C22H29N7O4S. The quantitative estimate of drug-likeness (QED) is 0.122. The molecule has 0 atom stereocenters. The number of ether oxygens (including phenoxy) is 1. The van der Waals surface area contributed by atoms with Crippen LogP contribution in [0.3, 0.4) is 0 Å². The lowest BCUT2D eigenvalue weighted by molar-refractivity contribution is -0.385. The van der Waals surface area contributed by atoms with Crippen molar-refractivity contribution in [1.82, 2.24) is 25.1 Å². The highest BCUT2D eigenvalue weighted by Crippen LogP contribution is 2.25. The van der Waals surface area contributed by atoms with Gasteiger partial charge in [0.25, 0.3) is 11.6 Å². The molecule has 34 heavy (non-hydrogen) atoms. The summed E-state index contributed by atoms with van der Waals surface area (Å²) >= 11 is 1.58. The molecule has 12 heteroatoms. The number of thioether (sulfide) groups is 1. The summed E-state index contributed by atoms with van der Waals surface area (Å²) in [5.41, 5.74) is 1.34. The largest absolute Gasteiger partial charge is 0.380 e. The monoisotopic (exact) mass is 487 g/mol. The van der Waals surface area contributed by atoms with Crippen LogP contribution >= 0.6 is 11.8 Å². The van der Waals surface area contributed by atoms with Crippen molar-refractivity contribution in [2.75, 3.05) is 37.4 Å². The average Bonchev–Trinajstić information content (AvgIpc) is 3.23. The van der Waals surface area contributed by atoms with Crippen LogP contribution < -0.4 is 10.6 Å². The third-order valence-corrected chi connectivity index (χ3v) is 5.98. The van der Waals surface area contributed by atoms with Crippen LogP contribution in [0.2, 0.25) is 0 Å². The Morgan fingerprint density at radius 2 is 2.09 bits per heavy atom. The Bertz CT molecular complexity index is 1150. The van der Waals surface area contributed by atoms with Crippen LogP contribution in [0.4, 0.5) is 11.5 Å². The Hall–Kier alpha value is -3.25. The first-order chi connectivity index (χ1) is 16.4. The number of nitro benzene ring substituents is 1. The fraction of sp³-hybridized carbons (Fsp3) is 0.455. The predicted octanol–water partition coefficient (Wildman–Crippen LogP) is 3.42. The number of aryl methyl sites for hydroxylation is 1. The number of nitrogens with one attached hydrogen (secondary N) is 2. The van der Waals surface area contributed by atoms with Gasteiger partial charge >= 0.3 is 0 Å². The van der Waals surface area contributed by atoms with Gasteiger partial charge in [-0.25, -0.2) is 14.6 Å². The van der Waals surface area contributed by atoms with E-state index in [0.29, 0.717) is 48.5 Å². The third-order valence-electron chi connectivity index (χ3n) is 4.93. The number of nitrogens with zero attached hydrogens (tertiary/aromatic N) is 5. The van der Waals surface area contributed by atoms with E-state index in [1.54, 1.807) is 41.7 Å². The number of hydrogen-bond acceptors (Lipinski definition) is 9. The van der Waals surface area contributed by atoms with E-state index in [9.17, 15) is 14.9 Å². The maximum Gasteiger partial charge on any atom is 0.273 e. The Kier molecular flexibility index (Phi) is 9.16. The molecule has 0 bridgehead atoms. The number of amides is 1. The van der Waals surface area contributed by atoms with Crippen LogP contribution in [0.5, 0.6) is 0 Å². The van der Waals surface area contributed by atoms with Crippen molar-refractivity contribution >= 4 is 40.2 Å². The lowest BCUT2D eigenvalue weighted by Gasteiger charge is -2.10. The topological polar surface area (TPSA) is 137 Å². The number of fused-ring (bicyclic) bond motifs is 1. The first kappa shape index (κ1) is 25.4. The van der Waals surface area contributed by atoms with E-state index in [1.807, 2.05) is 6.92 Å². The van der Waals surface area contributed by atoms with Crippen LogP contribution in [0, 0.1) is 17.0 Å². The molecule has 0 spiro atoms. The Morgan fingerprint density at radius 1 is 1.26 bits per heavy atom. The molecule has 3 rings (SSSR count). The zero-order valence-corrected chi connectivity index (χ0v) is 20.4. The van der Waals surface area contributed by atoms with Crippen molar-refractivity contribution in [1.29, 1.82) is 0 Å². The zero-order chi connectivity index (χ0) is 24.5. The van der Waals surface area contributed by atoms with Gasteiger partial charge in [-0.05, 0) is 26.3 Å². The van der Waals surface area contributed by atoms with Gasteiger partial charge in [0.1, 0.15) is 5.82 Å². The summed E-state index contributed by atoms with van der Waals surface area (Å²) in [5, 5.41) is 23.1. The first-order valence-electron chi connectivity index (χ1n) is 11.2. The molecule has 182 valence electrons. The van der Waals surface area contributed by atoms with E-state index in [0.717, 1.165) is 17.6 Å². The van der Waals surface area contributed by atoms with Crippen LogP contribution in [0.1, 0.15) is 36.2 Å². The number of carbonyl (C=O) groups is 1. The number of aromatic nitrogens is 4. The minimum atomic E-state index is -0.490. The van der Waals surface area contributed by atoms with Crippen LogP contribution in [0.15, 0.2) is 29.6 Å². The highest BCUT2D eigenvalue weighted by atomic mass is 32.2. The summed E-state index contributed by atoms with van der Waals surface area (Å²) < 4.78 is 7.12. The molecule has 0 fully saturated rings. The van der Waals surface area contributed by atoms with Gasteiger partial charge in [0.2, 0.25) is 0 Å². The van der Waals surface area contributed by atoms with Crippen molar-refractivity contribution in [2.45, 2.75) is 38.9 Å². The average molecular weight is 488 g/mol. The molecule has 0 unspecified atom stereocenters. The maximum absolute atomic E-state index is 12.5. The molecule has 2 aromatic heterocycles. The fourth-order valence-electron chi connectivity index (χ4n) is 3.20. The van der Waals surface area contributed by atoms with Gasteiger partial charge in [-0.2, -0.15) is 5.10 Å². The predicted molar refractivity (Wildman–Crippen MR) is 131 cm³/mol. The molecule has 0 aliphatic heterocycles. The van der Waals surface area contributed by atoms with E-state index in [1.165, 1.54) is 6.07 Å². The van der Waals surface area contributed by atoms with Crippen LogP contribution in [0.25, 0.3) is 11.0 Å². The van der Waals surface area contributed by atoms with Gasteiger partial charge in [0.05, 0.1) is 29.7 Å². The van der Waals surface area contributed by atoms with E-state index in [4.69, 9.17) is 4.74 Å². The smallest absolute Gasteiger partial charge is 0.273 e. The number of hydrogen-bond donors (Lipinski definition) is 2. The minimum absolute atomic E-state index is 0.0797. The number of anilines is 1. The van der Waals surface area contributed by atoms with E-state index >= 15 is 0 Å². The number of benzene rings is 1. The molecule has 0 aliphatic rings. The Balaban J connectivity index is 1.72. The van der Waals surface area contributed by atoms with E-state index in [-0.39, 0.29) is 23.7 Å². The van der Waals surface area contributed by atoms with E-state index in [2.05, 4.69) is 32.6 Å². The molecule has 0 saturated carbocycles. The summed E-state index contributed by atoms with van der Waals surface area (Å²) in [4.78, 5) is 32.5. The van der Waals surface area contributed by atoms with Crippen molar-refractivity contribution < 1.29 is 14.5 Å². The van der Waals surface area contributed by atoms with Crippen molar-refractivity contribution in [2.24, 2.45) is 0 Å². The number of carbonyl (C=O) groups excluding carboxylic acids is 1. The molecule has 1 aromatic carbocycles. The minimum Gasteiger partial charge on any atom is -0.380 e. The van der Waals surface area contributed by atoms with Gasteiger partial charge in [0, 0.05) is 42.6 Å². The molecule has 3 aromatic rings. The summed E-state index contributed by atoms with van der Waals surface area (Å²) in [5.74, 6) is 1.22. The first-order valence-corrected chi connectivity index (χ1v) is 12.1. The summed E-state index contributed by atoms with van der Waals surface area (Å²) in [7, 11) is 0. The maximum atomic E-state index is 12.5. The van der Waals surface area contributed by atoms with Gasteiger partial charge < -0.3 is 15.4 Å². The van der Waals surface area contributed by atoms with Gasteiger partial charge in [-0.15, -0.1) is 0 Å². The summed E-state index contributed by atoms with van der Waals surface area (Å²) in [6.07, 6.45) is 2.71. The second-order valence-corrected chi connectivity index (χ2v) is 8.51. The molecular weight excluding hydrogens is 458 g/mol. The fourth-order valence-corrected chi connectivity index (χ4v) is 3.90. The normalized spacial score (nSPS) is 11.0. The van der Waals surface area contributed by atoms with Gasteiger partial charge in [0.15, 0.2) is 10.8 Å². The molecule has 0 radical (unpaired) electrons. The van der Waals surface area contributed by atoms with Crippen LogP contribution in [-0.2, 0) is 11.3 Å². The summed E-state index contributed by atoms with van der Waals surface area (Å²) in [6, 6.07) is 4.44. The van der Waals surface area contributed by atoms with Crippen molar-refractivity contribution in [3.05, 3.63) is 45.6 Å². The molecule has 0 aliphatic carbocycles. The lowest BCUT2D eigenvalue weighted by atomic mass is 10.1. The lowest BCUT2D eigenvalue weighted by Crippen LogP contribution is -2.27. The summed E-state index contributed by atoms with van der Waals surface area (Å²) in [6.45, 7) is 8.18. The number of nitro groups is 1. The third kappa shape index (κ3) is 6.41.